The number of hydrogen-bond acceptors (Lipinski definition) is 6. The molecule has 0 heterocycles. The van der Waals surface area contributed by atoms with Gasteiger partial charge in [-0.1, -0.05) is 0 Å². The van der Waals surface area contributed by atoms with Gasteiger partial charge in [0.05, 0.1) is 10.2 Å². The van der Waals surface area contributed by atoms with Crippen molar-refractivity contribution in [3.8, 4) is 0 Å². The zero-order chi connectivity index (χ0) is 7.33. The minimum absolute atomic E-state index is 0.295. The molecule has 0 rings (SSSR count). The standard InChI is InChI=1S/C2H6O2S5/c3-9(4,7-1-5)8-2-6/h5-6H,1-2H2. The highest BCUT2D eigenvalue weighted by molar-refractivity contribution is 9.05. The average molecular weight is 222 g/mol. The number of thiol groups is 2. The fourth-order valence-corrected chi connectivity index (χ4v) is 6.73. The molecule has 2 nitrogen and oxygen atoms in total. The van der Waals surface area contributed by atoms with Gasteiger partial charge in [0.2, 0.25) is 0 Å². The van der Waals surface area contributed by atoms with E-state index in [-0.39, 0.29) is 0 Å². The highest BCUT2D eigenvalue weighted by Crippen LogP contribution is 2.26. The van der Waals surface area contributed by atoms with Crippen LogP contribution in [0.1, 0.15) is 0 Å². The molecule has 0 aliphatic heterocycles. The Balaban J connectivity index is 3.73. The highest BCUT2D eigenvalue weighted by atomic mass is 33.5. The molecule has 0 saturated carbocycles. The Morgan fingerprint density at radius 2 is 1.44 bits per heavy atom. The van der Waals surface area contributed by atoms with Crippen LogP contribution in [0.15, 0.2) is 0 Å². The van der Waals surface area contributed by atoms with E-state index in [0.29, 0.717) is 10.2 Å². The Kier molecular flexibility index (Phi) is 5.82. The van der Waals surface area contributed by atoms with Crippen LogP contribution >= 0.6 is 46.8 Å². The molecule has 0 aliphatic carbocycles. The minimum Gasteiger partial charge on any atom is -0.206 e. The highest BCUT2D eigenvalue weighted by Gasteiger charge is 2.08. The molecule has 0 saturated heterocycles. The molecular formula is C2H6O2S5. The number of hydrogen-bond donors (Lipinski definition) is 2. The van der Waals surface area contributed by atoms with Crippen LogP contribution in [0.3, 0.4) is 0 Å². The zero-order valence-electron chi connectivity index (χ0n) is 4.35. The van der Waals surface area contributed by atoms with Crippen LogP contribution in [0.5, 0.6) is 0 Å². The van der Waals surface area contributed by atoms with E-state index in [9.17, 15) is 8.42 Å². The first-order valence-corrected chi connectivity index (χ1v) is 7.63. The largest absolute Gasteiger partial charge is 0.255 e. The van der Waals surface area contributed by atoms with Gasteiger partial charge in [-0.05, 0) is 21.6 Å². The predicted octanol–water partition coefficient (Wildman–Crippen LogP) is 1.47. The summed E-state index contributed by atoms with van der Waals surface area (Å²) in [6.07, 6.45) is 0. The first-order chi connectivity index (χ1) is 4.12. The van der Waals surface area contributed by atoms with Crippen LogP contribution in [-0.2, 0) is 7.90 Å². The van der Waals surface area contributed by atoms with Gasteiger partial charge in [-0.2, -0.15) is 25.3 Å². The molecule has 9 heavy (non-hydrogen) atoms. The summed E-state index contributed by atoms with van der Waals surface area (Å²) in [6, 6.07) is 0. The van der Waals surface area contributed by atoms with E-state index in [1.54, 1.807) is 0 Å². The van der Waals surface area contributed by atoms with Crippen molar-refractivity contribution in [3.05, 3.63) is 0 Å². The van der Waals surface area contributed by atoms with E-state index in [0.717, 1.165) is 21.6 Å². The van der Waals surface area contributed by atoms with Crippen LogP contribution in [0.25, 0.3) is 0 Å². The van der Waals surface area contributed by atoms with Crippen molar-refractivity contribution in [1.82, 2.24) is 0 Å². The van der Waals surface area contributed by atoms with Crippen molar-refractivity contribution in [2.24, 2.45) is 0 Å². The second kappa shape index (κ2) is 5.06. The maximum Gasteiger partial charge on any atom is 0.255 e. The fourth-order valence-electron chi connectivity index (χ4n) is 0.163. The van der Waals surface area contributed by atoms with Crippen molar-refractivity contribution in [3.63, 3.8) is 0 Å². The second-order valence-corrected chi connectivity index (χ2v) is 8.94. The summed E-state index contributed by atoms with van der Waals surface area (Å²) < 4.78 is 21.3. The van der Waals surface area contributed by atoms with Gasteiger partial charge < -0.3 is 0 Å². The van der Waals surface area contributed by atoms with Gasteiger partial charge in [-0.15, -0.1) is 0 Å². The summed E-state index contributed by atoms with van der Waals surface area (Å²) in [5.41, 5.74) is 0. The molecule has 0 unspecified atom stereocenters. The normalized spacial score (nSPS) is 11.8. The van der Waals surface area contributed by atoms with Crippen LogP contribution in [0.2, 0.25) is 0 Å². The van der Waals surface area contributed by atoms with E-state index < -0.39 is 7.90 Å². The Morgan fingerprint density at radius 1 is 1.11 bits per heavy atom. The lowest BCUT2D eigenvalue weighted by Gasteiger charge is -1.94. The molecule has 0 aromatic rings. The molecule has 0 amide bonds. The SMILES string of the molecule is O=S(=O)(SCS)SCS. The van der Waals surface area contributed by atoms with Crippen molar-refractivity contribution in [2.75, 3.05) is 10.2 Å². The molecule has 7 heteroatoms. The summed E-state index contributed by atoms with van der Waals surface area (Å²) in [4.78, 5) is 0. The maximum absolute atomic E-state index is 10.7. The molecule has 0 fully saturated rings. The van der Waals surface area contributed by atoms with Gasteiger partial charge >= 0.3 is 0 Å². The van der Waals surface area contributed by atoms with Crippen molar-refractivity contribution in [2.45, 2.75) is 0 Å². The Morgan fingerprint density at radius 3 is 1.67 bits per heavy atom. The molecule has 56 valence electrons. The van der Waals surface area contributed by atoms with E-state index in [4.69, 9.17) is 0 Å². The van der Waals surface area contributed by atoms with Crippen LogP contribution in [0, 0.1) is 0 Å². The third-order valence-electron chi connectivity index (χ3n) is 0.394. The van der Waals surface area contributed by atoms with Gasteiger partial charge in [0.1, 0.15) is 0 Å². The Bertz CT molecular complexity index is 136. The lowest BCUT2D eigenvalue weighted by molar-refractivity contribution is 0.623. The van der Waals surface area contributed by atoms with Crippen molar-refractivity contribution < 1.29 is 8.42 Å². The quantitative estimate of drug-likeness (QED) is 0.429. The summed E-state index contributed by atoms with van der Waals surface area (Å²) in [5.74, 6) is 0. The van der Waals surface area contributed by atoms with Crippen molar-refractivity contribution >= 4 is 54.7 Å². The fraction of sp³-hybridized carbons (Fsp3) is 1.00. The van der Waals surface area contributed by atoms with Gasteiger partial charge in [0, 0.05) is 0 Å². The van der Waals surface area contributed by atoms with Crippen molar-refractivity contribution in [1.29, 1.82) is 0 Å². The third kappa shape index (κ3) is 5.78. The molecule has 0 spiro atoms. The molecule has 0 bridgehead atoms. The molecule has 0 aliphatic rings. The Labute approximate surface area is 73.1 Å². The monoisotopic (exact) mass is 222 g/mol. The Hall–Kier alpha value is 1.35. The third-order valence-corrected chi connectivity index (χ3v) is 7.18. The van der Waals surface area contributed by atoms with E-state index in [2.05, 4.69) is 25.3 Å². The summed E-state index contributed by atoms with van der Waals surface area (Å²) >= 11 is 7.50. The van der Waals surface area contributed by atoms with Gasteiger partial charge in [-0.3, -0.25) is 0 Å². The smallest absolute Gasteiger partial charge is 0.206 e. The molecule has 0 aromatic heterocycles. The van der Waals surface area contributed by atoms with E-state index >= 15 is 0 Å². The van der Waals surface area contributed by atoms with Crippen LogP contribution in [0.4, 0.5) is 0 Å². The summed E-state index contributed by atoms with van der Waals surface area (Å²) in [7, 11) is -1.38. The van der Waals surface area contributed by atoms with Gasteiger partial charge in [0.15, 0.2) is 0 Å². The minimum atomic E-state index is -3.00. The predicted molar refractivity (Wildman–Crippen MR) is 51.8 cm³/mol. The molecular weight excluding hydrogens is 216 g/mol. The lowest BCUT2D eigenvalue weighted by Crippen LogP contribution is -1.85. The summed E-state index contributed by atoms with van der Waals surface area (Å²) in [5, 5.41) is 0.590. The molecule has 0 N–H and O–H groups in total. The van der Waals surface area contributed by atoms with E-state index in [1.807, 2.05) is 0 Å². The van der Waals surface area contributed by atoms with Crippen LogP contribution < -0.4 is 0 Å². The maximum atomic E-state index is 10.7. The summed E-state index contributed by atoms with van der Waals surface area (Å²) in [6.45, 7) is 0. The first-order valence-electron chi connectivity index (χ1n) is 1.88. The van der Waals surface area contributed by atoms with E-state index in [1.165, 1.54) is 0 Å². The van der Waals surface area contributed by atoms with Gasteiger partial charge in [0.25, 0.3) is 7.90 Å². The molecule has 0 radical (unpaired) electrons. The molecule has 0 atom stereocenters. The molecule has 0 aromatic carbocycles. The lowest BCUT2D eigenvalue weighted by atomic mass is 11.9. The van der Waals surface area contributed by atoms with Crippen LogP contribution in [-0.4, -0.2) is 18.6 Å². The zero-order valence-corrected chi connectivity index (χ0v) is 8.59. The topological polar surface area (TPSA) is 34.1 Å². The average Bonchev–Trinajstić information content (AvgIpc) is 1.64. The first kappa shape index (κ1) is 10.3. The second-order valence-electron chi connectivity index (χ2n) is 0.902. The van der Waals surface area contributed by atoms with Gasteiger partial charge in [-0.25, -0.2) is 8.42 Å². The number of rotatable bonds is 4.